The molecule has 2 rings (SSSR count). The quantitative estimate of drug-likeness (QED) is 0.767. The van der Waals surface area contributed by atoms with Crippen molar-refractivity contribution in [1.82, 2.24) is 25.5 Å². The molecule has 6 heteroatoms. The highest BCUT2D eigenvalue weighted by molar-refractivity contribution is 4.89. The van der Waals surface area contributed by atoms with Gasteiger partial charge in [0, 0.05) is 6.61 Å². The molecule has 6 nitrogen and oxygen atoms in total. The zero-order chi connectivity index (χ0) is 10.7. The summed E-state index contributed by atoms with van der Waals surface area (Å²) < 4.78 is 7.39. The smallest absolute Gasteiger partial charge is 0.168 e. The standard InChI is InChI=1S/C9H17N5O/c1-7(10-2)9-11-12-13-14(9)6-8-4-3-5-15-8/h7-8,10H,3-6H2,1-2H3. The maximum atomic E-state index is 5.56. The number of nitrogens with one attached hydrogen (secondary N) is 1. The van der Waals surface area contributed by atoms with Crippen molar-refractivity contribution in [1.29, 1.82) is 0 Å². The van der Waals surface area contributed by atoms with Gasteiger partial charge in [0.05, 0.1) is 18.7 Å². The molecule has 1 aromatic rings. The van der Waals surface area contributed by atoms with Crippen LogP contribution in [-0.2, 0) is 11.3 Å². The zero-order valence-electron chi connectivity index (χ0n) is 9.18. The summed E-state index contributed by atoms with van der Waals surface area (Å²) in [6.45, 7) is 3.66. The van der Waals surface area contributed by atoms with Crippen LogP contribution in [0, 0.1) is 0 Å². The Balaban J connectivity index is 2.03. The van der Waals surface area contributed by atoms with E-state index in [2.05, 4.69) is 20.8 Å². The van der Waals surface area contributed by atoms with E-state index in [0.29, 0.717) is 0 Å². The van der Waals surface area contributed by atoms with Gasteiger partial charge in [0.2, 0.25) is 0 Å². The van der Waals surface area contributed by atoms with Crippen LogP contribution in [0.15, 0.2) is 0 Å². The fourth-order valence-electron chi connectivity index (χ4n) is 1.76. The Morgan fingerprint density at radius 2 is 2.53 bits per heavy atom. The van der Waals surface area contributed by atoms with Gasteiger partial charge in [0.25, 0.3) is 0 Å². The molecule has 1 aromatic heterocycles. The van der Waals surface area contributed by atoms with Gasteiger partial charge < -0.3 is 10.1 Å². The molecule has 0 aromatic carbocycles. The third kappa shape index (κ3) is 2.32. The summed E-state index contributed by atoms with van der Waals surface area (Å²) in [6.07, 6.45) is 2.52. The lowest BCUT2D eigenvalue weighted by Crippen LogP contribution is -2.23. The molecule has 84 valence electrons. The molecule has 1 N–H and O–H groups in total. The third-order valence-electron chi connectivity index (χ3n) is 2.78. The van der Waals surface area contributed by atoms with E-state index in [0.717, 1.165) is 31.8 Å². The van der Waals surface area contributed by atoms with Gasteiger partial charge in [0.1, 0.15) is 0 Å². The first-order valence-electron chi connectivity index (χ1n) is 5.36. The molecule has 0 radical (unpaired) electrons. The summed E-state index contributed by atoms with van der Waals surface area (Å²) in [5, 5.41) is 14.8. The van der Waals surface area contributed by atoms with Crippen LogP contribution in [0.25, 0.3) is 0 Å². The number of rotatable bonds is 4. The molecule has 1 fully saturated rings. The first-order chi connectivity index (χ1) is 7.31. The van der Waals surface area contributed by atoms with E-state index in [1.165, 1.54) is 0 Å². The van der Waals surface area contributed by atoms with Crippen molar-refractivity contribution < 1.29 is 4.74 Å². The third-order valence-corrected chi connectivity index (χ3v) is 2.78. The molecule has 1 aliphatic heterocycles. The summed E-state index contributed by atoms with van der Waals surface area (Å²) in [7, 11) is 1.90. The summed E-state index contributed by atoms with van der Waals surface area (Å²) in [5.74, 6) is 0.869. The average molecular weight is 211 g/mol. The molecule has 2 atom stereocenters. The van der Waals surface area contributed by atoms with Crippen molar-refractivity contribution in [3.8, 4) is 0 Å². The Bertz CT molecular complexity index is 307. The minimum absolute atomic E-state index is 0.168. The topological polar surface area (TPSA) is 64.9 Å². The molecule has 0 amide bonds. The van der Waals surface area contributed by atoms with Gasteiger partial charge in [-0.05, 0) is 37.2 Å². The van der Waals surface area contributed by atoms with Crippen LogP contribution >= 0.6 is 0 Å². The van der Waals surface area contributed by atoms with Crippen molar-refractivity contribution in [3.63, 3.8) is 0 Å². The van der Waals surface area contributed by atoms with Gasteiger partial charge in [-0.25, -0.2) is 4.68 Å². The largest absolute Gasteiger partial charge is 0.376 e. The van der Waals surface area contributed by atoms with Crippen LogP contribution in [0.4, 0.5) is 0 Å². The molecule has 0 bridgehead atoms. The number of ether oxygens (including phenoxy) is 1. The second-order valence-corrected chi connectivity index (χ2v) is 3.86. The second kappa shape index (κ2) is 4.67. The maximum Gasteiger partial charge on any atom is 0.168 e. The number of tetrazole rings is 1. The lowest BCUT2D eigenvalue weighted by Gasteiger charge is -2.13. The first kappa shape index (κ1) is 10.5. The van der Waals surface area contributed by atoms with E-state index in [-0.39, 0.29) is 12.1 Å². The van der Waals surface area contributed by atoms with E-state index in [9.17, 15) is 0 Å². The molecule has 2 unspecified atom stereocenters. The Morgan fingerprint density at radius 1 is 1.67 bits per heavy atom. The molecule has 2 heterocycles. The van der Waals surface area contributed by atoms with Gasteiger partial charge in [-0.3, -0.25) is 0 Å². The minimum Gasteiger partial charge on any atom is -0.376 e. The highest BCUT2D eigenvalue weighted by Gasteiger charge is 2.20. The Labute approximate surface area is 89.0 Å². The molecule has 0 aliphatic carbocycles. The van der Waals surface area contributed by atoms with E-state index < -0.39 is 0 Å². The van der Waals surface area contributed by atoms with Crippen LogP contribution in [0.3, 0.4) is 0 Å². The summed E-state index contributed by atoms with van der Waals surface area (Å²) in [4.78, 5) is 0. The highest BCUT2D eigenvalue weighted by Crippen LogP contribution is 2.15. The van der Waals surface area contributed by atoms with Crippen LogP contribution in [-0.4, -0.2) is 40.0 Å². The van der Waals surface area contributed by atoms with Gasteiger partial charge in [-0.15, -0.1) is 5.10 Å². The summed E-state index contributed by atoms with van der Waals surface area (Å²) in [5.41, 5.74) is 0. The summed E-state index contributed by atoms with van der Waals surface area (Å²) in [6, 6.07) is 0.168. The lowest BCUT2D eigenvalue weighted by molar-refractivity contribution is 0.0922. The van der Waals surface area contributed by atoms with Crippen molar-refractivity contribution in [2.24, 2.45) is 0 Å². The van der Waals surface area contributed by atoms with Crippen molar-refractivity contribution in [3.05, 3.63) is 5.82 Å². The van der Waals surface area contributed by atoms with Crippen LogP contribution < -0.4 is 5.32 Å². The fraction of sp³-hybridized carbons (Fsp3) is 0.889. The number of nitrogens with zero attached hydrogens (tertiary/aromatic N) is 4. The lowest BCUT2D eigenvalue weighted by atomic mass is 10.2. The highest BCUT2D eigenvalue weighted by atomic mass is 16.5. The Morgan fingerprint density at radius 3 is 3.20 bits per heavy atom. The normalized spacial score (nSPS) is 23.2. The van der Waals surface area contributed by atoms with Crippen molar-refractivity contribution in [2.45, 2.75) is 38.5 Å². The fourth-order valence-corrected chi connectivity index (χ4v) is 1.76. The number of hydrogen-bond donors (Lipinski definition) is 1. The minimum atomic E-state index is 0.168. The van der Waals surface area contributed by atoms with E-state index >= 15 is 0 Å². The van der Waals surface area contributed by atoms with Gasteiger partial charge in [0.15, 0.2) is 5.82 Å². The van der Waals surface area contributed by atoms with E-state index in [1.54, 1.807) is 0 Å². The van der Waals surface area contributed by atoms with E-state index in [1.807, 2.05) is 18.7 Å². The molecule has 15 heavy (non-hydrogen) atoms. The molecule has 1 aliphatic rings. The Hall–Kier alpha value is -1.01. The van der Waals surface area contributed by atoms with Crippen LogP contribution in [0.5, 0.6) is 0 Å². The predicted octanol–water partition coefficient (Wildman–Crippen LogP) is 0.132. The zero-order valence-corrected chi connectivity index (χ0v) is 9.18. The van der Waals surface area contributed by atoms with Gasteiger partial charge >= 0.3 is 0 Å². The summed E-state index contributed by atoms with van der Waals surface area (Å²) >= 11 is 0. The van der Waals surface area contributed by atoms with Crippen LogP contribution in [0.2, 0.25) is 0 Å². The van der Waals surface area contributed by atoms with E-state index in [4.69, 9.17) is 4.74 Å². The second-order valence-electron chi connectivity index (χ2n) is 3.86. The number of aromatic nitrogens is 4. The molecular weight excluding hydrogens is 194 g/mol. The van der Waals surface area contributed by atoms with Crippen LogP contribution in [0.1, 0.15) is 31.6 Å². The predicted molar refractivity (Wildman–Crippen MR) is 54.3 cm³/mol. The monoisotopic (exact) mass is 211 g/mol. The molecule has 0 saturated carbocycles. The Kier molecular flexibility index (Phi) is 3.27. The van der Waals surface area contributed by atoms with Gasteiger partial charge in [-0.2, -0.15) is 0 Å². The molecule has 1 saturated heterocycles. The molecule has 0 spiro atoms. The average Bonchev–Trinajstić information content (AvgIpc) is 2.88. The maximum absolute atomic E-state index is 5.56. The van der Waals surface area contributed by atoms with Crippen molar-refractivity contribution in [2.75, 3.05) is 13.7 Å². The number of hydrogen-bond acceptors (Lipinski definition) is 5. The van der Waals surface area contributed by atoms with Gasteiger partial charge in [-0.1, -0.05) is 0 Å². The SMILES string of the molecule is CNC(C)c1nnnn1CC1CCCO1. The molecular formula is C9H17N5O. The van der Waals surface area contributed by atoms with Crippen molar-refractivity contribution >= 4 is 0 Å². The first-order valence-corrected chi connectivity index (χ1v) is 5.36.